The average Bonchev–Trinajstić information content (AvgIpc) is 2.72. The molecule has 28 heavy (non-hydrogen) atoms. The Labute approximate surface area is 168 Å². The molecule has 0 saturated carbocycles. The van der Waals surface area contributed by atoms with Crippen molar-refractivity contribution in [1.29, 1.82) is 10.8 Å². The minimum atomic E-state index is -0.135. The fourth-order valence-corrected chi connectivity index (χ4v) is 4.27. The predicted octanol–water partition coefficient (Wildman–Crippen LogP) is 3.29. The quantitative estimate of drug-likeness (QED) is 0.313. The first-order valence-electron chi connectivity index (χ1n) is 10.7. The van der Waals surface area contributed by atoms with Crippen LogP contribution in [-0.2, 0) is 13.0 Å². The number of benzene rings is 1. The summed E-state index contributed by atoms with van der Waals surface area (Å²) in [7, 11) is 0. The molecule has 2 aliphatic heterocycles. The molecule has 0 radical (unpaired) electrons. The van der Waals surface area contributed by atoms with Crippen LogP contribution in [0.3, 0.4) is 0 Å². The lowest BCUT2D eigenvalue weighted by molar-refractivity contribution is 0.164. The molecular weight excluding hydrogens is 350 g/mol. The van der Waals surface area contributed by atoms with Gasteiger partial charge in [0.2, 0.25) is 0 Å². The van der Waals surface area contributed by atoms with Crippen LogP contribution in [0.1, 0.15) is 56.6 Å². The van der Waals surface area contributed by atoms with Crippen LogP contribution in [0.4, 0.5) is 0 Å². The van der Waals surface area contributed by atoms with Gasteiger partial charge in [0.25, 0.3) is 0 Å². The Bertz CT molecular complexity index is 684. The summed E-state index contributed by atoms with van der Waals surface area (Å²) in [4.78, 5) is 1.89. The maximum atomic E-state index is 8.69. The van der Waals surface area contributed by atoms with Crippen molar-refractivity contribution in [2.75, 3.05) is 19.6 Å². The van der Waals surface area contributed by atoms with E-state index in [1.54, 1.807) is 0 Å². The number of guanidine groups is 1. The van der Waals surface area contributed by atoms with Crippen LogP contribution in [0, 0.1) is 16.7 Å². The number of fused-ring (bicyclic) bond motifs is 1. The third-order valence-corrected chi connectivity index (χ3v) is 6.00. The van der Waals surface area contributed by atoms with Crippen LogP contribution < -0.4 is 15.8 Å². The molecule has 0 spiro atoms. The first-order chi connectivity index (χ1) is 13.6. The molecule has 2 heterocycles. The van der Waals surface area contributed by atoms with Gasteiger partial charge in [-0.15, -0.1) is 0 Å². The van der Waals surface area contributed by atoms with Gasteiger partial charge in [-0.1, -0.05) is 25.8 Å². The number of nitrogens with two attached hydrogens (primary N) is 1. The maximum Gasteiger partial charge on any atom is 0.188 e. The van der Waals surface area contributed by atoms with Gasteiger partial charge < -0.3 is 26.1 Å². The summed E-state index contributed by atoms with van der Waals surface area (Å²) in [6.45, 7) is 5.66. The maximum absolute atomic E-state index is 8.69. The van der Waals surface area contributed by atoms with Gasteiger partial charge in [-0.25, -0.2) is 0 Å². The molecule has 0 aromatic heterocycles. The monoisotopic (exact) mass is 385 g/mol. The highest BCUT2D eigenvalue weighted by molar-refractivity contribution is 5.86. The number of unbranched alkanes of at least 4 members (excludes halogenated alkanes) is 2. The molecule has 1 unspecified atom stereocenters. The van der Waals surface area contributed by atoms with E-state index in [1.807, 2.05) is 4.90 Å². The number of rotatable bonds is 8. The summed E-state index contributed by atoms with van der Waals surface area (Å²) < 4.78 is 6.45. The molecule has 1 aromatic rings. The van der Waals surface area contributed by atoms with Crippen molar-refractivity contribution in [3.63, 3.8) is 0 Å². The minimum absolute atomic E-state index is 0.127. The number of ether oxygens (including phenoxy) is 1. The van der Waals surface area contributed by atoms with Crippen LogP contribution in [0.15, 0.2) is 18.2 Å². The standard InChI is InChI=1S/C22H35N5O/c1-2-3-4-5-20(23)21(17-8-11-26-12-9-17)28-19-7-6-16-10-13-27(22(24)25)15-18(16)14-19/h6-7,14,17,21,23,26H,2-5,8-13,15H2,1H3,(H3,24,25). The molecule has 0 amide bonds. The third kappa shape index (κ3) is 5.25. The van der Waals surface area contributed by atoms with E-state index >= 15 is 0 Å². The Morgan fingerprint density at radius 1 is 1.25 bits per heavy atom. The average molecular weight is 386 g/mol. The zero-order valence-corrected chi connectivity index (χ0v) is 17.1. The van der Waals surface area contributed by atoms with E-state index in [2.05, 4.69) is 30.4 Å². The zero-order chi connectivity index (χ0) is 19.9. The Hall–Kier alpha value is -2.08. The second-order valence-electron chi connectivity index (χ2n) is 8.10. The molecule has 6 heteroatoms. The fraction of sp³-hybridized carbons (Fsp3) is 0.636. The number of nitrogens with zero attached hydrogens (tertiary/aromatic N) is 1. The van der Waals surface area contributed by atoms with Crippen LogP contribution in [0.5, 0.6) is 5.75 Å². The summed E-state index contributed by atoms with van der Waals surface area (Å²) in [5, 5.41) is 19.8. The van der Waals surface area contributed by atoms with Gasteiger partial charge in [-0.2, -0.15) is 0 Å². The van der Waals surface area contributed by atoms with Crippen molar-refractivity contribution in [3.8, 4) is 5.75 Å². The van der Waals surface area contributed by atoms with Crippen molar-refractivity contribution in [2.45, 2.75) is 64.5 Å². The van der Waals surface area contributed by atoms with E-state index in [-0.39, 0.29) is 12.1 Å². The predicted molar refractivity (Wildman–Crippen MR) is 114 cm³/mol. The van der Waals surface area contributed by atoms with Gasteiger partial charge in [0.1, 0.15) is 11.9 Å². The Balaban J connectivity index is 1.73. The van der Waals surface area contributed by atoms with Crippen molar-refractivity contribution >= 4 is 11.7 Å². The molecule has 1 fully saturated rings. The third-order valence-electron chi connectivity index (χ3n) is 6.00. The van der Waals surface area contributed by atoms with Crippen LogP contribution in [0.25, 0.3) is 0 Å². The Morgan fingerprint density at radius 2 is 2.04 bits per heavy atom. The van der Waals surface area contributed by atoms with Crippen LogP contribution in [-0.4, -0.2) is 42.3 Å². The lowest BCUT2D eigenvalue weighted by Gasteiger charge is -2.33. The van der Waals surface area contributed by atoms with Crippen LogP contribution in [0.2, 0.25) is 0 Å². The molecule has 0 bridgehead atoms. The highest BCUT2D eigenvalue weighted by Gasteiger charge is 2.29. The van der Waals surface area contributed by atoms with E-state index in [1.165, 1.54) is 24.0 Å². The summed E-state index contributed by atoms with van der Waals surface area (Å²) in [5.74, 6) is 1.37. The van der Waals surface area contributed by atoms with Gasteiger partial charge in [0.15, 0.2) is 5.96 Å². The summed E-state index contributed by atoms with van der Waals surface area (Å²) >= 11 is 0. The van der Waals surface area contributed by atoms with Crippen LogP contribution >= 0.6 is 0 Å². The van der Waals surface area contributed by atoms with Crippen molar-refractivity contribution < 1.29 is 4.74 Å². The highest BCUT2D eigenvalue weighted by Crippen LogP contribution is 2.28. The lowest BCUT2D eigenvalue weighted by Crippen LogP contribution is -2.41. The molecule has 0 aliphatic carbocycles. The molecule has 1 aromatic carbocycles. The van der Waals surface area contributed by atoms with E-state index in [0.29, 0.717) is 12.5 Å². The van der Waals surface area contributed by atoms with Gasteiger partial charge in [0, 0.05) is 24.7 Å². The van der Waals surface area contributed by atoms with E-state index in [9.17, 15) is 0 Å². The van der Waals surface area contributed by atoms with Gasteiger partial charge in [-0.3, -0.25) is 5.41 Å². The highest BCUT2D eigenvalue weighted by atomic mass is 16.5. The lowest BCUT2D eigenvalue weighted by atomic mass is 9.87. The number of hydrogen-bond acceptors (Lipinski definition) is 4. The smallest absolute Gasteiger partial charge is 0.188 e. The van der Waals surface area contributed by atoms with E-state index < -0.39 is 0 Å². The normalized spacial score (nSPS) is 18.4. The Morgan fingerprint density at radius 3 is 2.75 bits per heavy atom. The topological polar surface area (TPSA) is 98.2 Å². The van der Waals surface area contributed by atoms with Crippen molar-refractivity contribution in [3.05, 3.63) is 29.3 Å². The molecule has 5 N–H and O–H groups in total. The molecule has 1 atom stereocenters. The SMILES string of the molecule is CCCCCC(=N)C(Oc1ccc2c(c1)CN(C(=N)N)CC2)C1CCNCC1. The molecule has 154 valence electrons. The van der Waals surface area contributed by atoms with E-state index in [4.69, 9.17) is 21.3 Å². The van der Waals surface area contributed by atoms with Gasteiger partial charge in [-0.05, 0) is 68.5 Å². The summed E-state index contributed by atoms with van der Waals surface area (Å²) in [6.07, 6.45) is 7.12. The largest absolute Gasteiger partial charge is 0.484 e. The fourth-order valence-electron chi connectivity index (χ4n) is 4.27. The van der Waals surface area contributed by atoms with Crippen molar-refractivity contribution in [2.24, 2.45) is 11.7 Å². The molecule has 3 rings (SSSR count). The summed E-state index contributed by atoms with van der Waals surface area (Å²) in [5.41, 5.74) is 8.91. The Kier molecular flexibility index (Phi) is 7.31. The first kappa shape index (κ1) is 20.6. The second kappa shape index (κ2) is 9.92. The van der Waals surface area contributed by atoms with E-state index in [0.717, 1.165) is 63.2 Å². The van der Waals surface area contributed by atoms with Gasteiger partial charge in [0.05, 0.1) is 0 Å². The molecule has 1 saturated heterocycles. The first-order valence-corrected chi connectivity index (χ1v) is 10.7. The zero-order valence-electron chi connectivity index (χ0n) is 17.1. The molecular formula is C22H35N5O. The summed E-state index contributed by atoms with van der Waals surface area (Å²) in [6, 6.07) is 6.29. The molecule has 2 aliphatic rings. The minimum Gasteiger partial charge on any atom is -0.484 e. The number of hydrogen-bond donors (Lipinski definition) is 4. The number of piperidine rings is 1. The second-order valence-corrected chi connectivity index (χ2v) is 8.10. The number of nitrogens with one attached hydrogen (secondary N) is 3. The molecule has 6 nitrogen and oxygen atoms in total. The van der Waals surface area contributed by atoms with Gasteiger partial charge >= 0.3 is 0 Å². The van der Waals surface area contributed by atoms with Crippen molar-refractivity contribution in [1.82, 2.24) is 10.2 Å².